The van der Waals surface area contributed by atoms with Crippen LogP contribution in [0.4, 0.5) is 0 Å². The third kappa shape index (κ3) is 5.95. The number of hydrogen-bond donors (Lipinski definition) is 0. The molecule has 0 atom stereocenters. The summed E-state index contributed by atoms with van der Waals surface area (Å²) in [6.07, 6.45) is 0. The van der Waals surface area contributed by atoms with E-state index in [1.54, 1.807) is 0 Å². The van der Waals surface area contributed by atoms with E-state index >= 15 is 0 Å². The Balaban J connectivity index is 1.15. The van der Waals surface area contributed by atoms with Gasteiger partial charge in [0.25, 0.3) is 0 Å². The van der Waals surface area contributed by atoms with Gasteiger partial charge < -0.3 is 0 Å². The van der Waals surface area contributed by atoms with Crippen molar-refractivity contribution in [3.63, 3.8) is 0 Å². The summed E-state index contributed by atoms with van der Waals surface area (Å²) < 4.78 is 47.5. The Morgan fingerprint density at radius 1 is 0.333 bits per heavy atom. The zero-order valence-electron chi connectivity index (χ0n) is 38.9. The molecule has 0 saturated carbocycles. The van der Waals surface area contributed by atoms with Gasteiger partial charge in [0.05, 0.1) is 28.9 Å². The van der Waals surface area contributed by atoms with Crippen molar-refractivity contribution >= 4 is 72.4 Å². The molecule has 3 aromatic heterocycles. The van der Waals surface area contributed by atoms with Gasteiger partial charge in [-0.3, -0.25) is 9.13 Å². The molecule has 5 nitrogen and oxygen atoms in total. The number of fused-ring (bicyclic) bond motifs is 6. The van der Waals surface area contributed by atoms with Gasteiger partial charge in [-0.2, -0.15) is 15.0 Å². The minimum Gasteiger partial charge on any atom is -0.278 e. The Hall–Kier alpha value is -8.19. The molecule has 0 aliphatic heterocycles. The molecule has 12 aromatic rings. The van der Waals surface area contributed by atoms with E-state index in [0.717, 1.165) is 69.9 Å². The number of aromatic nitrogens is 5. The van der Waals surface area contributed by atoms with Crippen LogP contribution in [0.5, 0.6) is 0 Å². The van der Waals surface area contributed by atoms with Crippen molar-refractivity contribution in [1.29, 1.82) is 0 Å². The van der Waals surface area contributed by atoms with Crippen molar-refractivity contribution in [2.75, 3.05) is 0 Å². The SMILES string of the molecule is [2H]c1c([2H])c([2H])c(-c2cccc([Si](c3ccccc3)(c3ccccc3)c3cccc(-c4nc(-n5c6ccccc6c6ccccc65)nc(-n5c6ccccc6c6ccccc65)n4)c3)c2)c([2H])c1[2H]. The molecule has 0 N–H and O–H groups in total. The molecule has 63 heavy (non-hydrogen) atoms. The molecule has 0 spiro atoms. The number of rotatable bonds is 8. The summed E-state index contributed by atoms with van der Waals surface area (Å²) in [5.41, 5.74) is 5.41. The highest BCUT2D eigenvalue weighted by Gasteiger charge is 2.42. The lowest BCUT2D eigenvalue weighted by atomic mass is 10.1. The van der Waals surface area contributed by atoms with Gasteiger partial charge in [0.1, 0.15) is 0 Å². The number of hydrogen-bond acceptors (Lipinski definition) is 3. The van der Waals surface area contributed by atoms with Gasteiger partial charge in [-0.25, -0.2) is 0 Å². The van der Waals surface area contributed by atoms with Crippen molar-refractivity contribution in [1.82, 2.24) is 24.1 Å². The first-order valence-electron chi connectivity index (χ1n) is 23.5. The van der Waals surface area contributed by atoms with Gasteiger partial charge in [0.15, 0.2) is 13.9 Å². The van der Waals surface area contributed by atoms with Crippen LogP contribution in [0.3, 0.4) is 0 Å². The lowest BCUT2D eigenvalue weighted by molar-refractivity contribution is 0.893. The summed E-state index contributed by atoms with van der Waals surface area (Å²) in [4.78, 5) is 16.2. The van der Waals surface area contributed by atoms with Crippen LogP contribution in [0.15, 0.2) is 236 Å². The lowest BCUT2D eigenvalue weighted by Crippen LogP contribution is -2.74. The smallest absolute Gasteiger partial charge is 0.240 e. The maximum atomic E-state index is 8.95. The van der Waals surface area contributed by atoms with Crippen LogP contribution >= 0.6 is 0 Å². The van der Waals surface area contributed by atoms with Crippen molar-refractivity contribution in [3.8, 4) is 34.4 Å². The summed E-state index contributed by atoms with van der Waals surface area (Å²) in [6.45, 7) is 0. The molecule has 0 fully saturated rings. The van der Waals surface area contributed by atoms with E-state index in [1.165, 1.54) is 0 Å². The second-order valence-electron chi connectivity index (χ2n) is 15.6. The van der Waals surface area contributed by atoms with Crippen molar-refractivity contribution in [3.05, 3.63) is 236 Å². The molecule has 0 aliphatic rings. The molecule has 12 rings (SSSR count). The first kappa shape index (κ1) is 31.6. The summed E-state index contributed by atoms with van der Waals surface area (Å²) in [7, 11) is -3.31. The second-order valence-corrected chi connectivity index (χ2v) is 19.5. The maximum absolute atomic E-state index is 8.95. The fourth-order valence-electron chi connectivity index (χ4n) is 9.53. The van der Waals surface area contributed by atoms with E-state index in [0.29, 0.717) is 23.3 Å². The lowest BCUT2D eigenvalue weighted by Gasteiger charge is -2.35. The molecule has 0 bridgehead atoms. The van der Waals surface area contributed by atoms with Crippen LogP contribution in [0.2, 0.25) is 0 Å². The normalized spacial score (nSPS) is 12.9. The topological polar surface area (TPSA) is 48.5 Å². The number of para-hydroxylation sites is 4. The third-order valence-corrected chi connectivity index (χ3v) is 17.0. The van der Waals surface area contributed by atoms with Crippen LogP contribution in [-0.2, 0) is 0 Å². The van der Waals surface area contributed by atoms with Gasteiger partial charge in [-0.05, 0) is 56.1 Å². The Kier molecular flexibility index (Phi) is 7.57. The predicted octanol–water partition coefficient (Wildman–Crippen LogP) is 10.8. The van der Waals surface area contributed by atoms with Crippen molar-refractivity contribution < 1.29 is 6.85 Å². The molecule has 6 heteroatoms. The average Bonchev–Trinajstić information content (AvgIpc) is 3.92. The van der Waals surface area contributed by atoms with E-state index in [2.05, 4.69) is 161 Å². The van der Waals surface area contributed by atoms with Crippen molar-refractivity contribution in [2.45, 2.75) is 0 Å². The number of benzene rings is 9. The molecular weight excluding hydrogens is 783 g/mol. The van der Waals surface area contributed by atoms with Crippen LogP contribution in [-0.4, -0.2) is 32.2 Å². The van der Waals surface area contributed by atoms with Gasteiger partial charge in [-0.15, -0.1) is 0 Å². The molecule has 0 radical (unpaired) electrons. The Labute approximate surface area is 372 Å². The van der Waals surface area contributed by atoms with Gasteiger partial charge in [-0.1, -0.05) is 212 Å². The highest BCUT2D eigenvalue weighted by Crippen LogP contribution is 2.34. The Bertz CT molecular complexity index is 3640. The van der Waals surface area contributed by atoms with Gasteiger partial charge in [0, 0.05) is 27.1 Å². The van der Waals surface area contributed by atoms with E-state index < -0.39 is 14.1 Å². The quantitative estimate of drug-likeness (QED) is 0.113. The first-order valence-corrected chi connectivity index (χ1v) is 23.0. The molecule has 0 saturated heterocycles. The third-order valence-electron chi connectivity index (χ3n) is 12.2. The van der Waals surface area contributed by atoms with E-state index in [9.17, 15) is 0 Å². The fraction of sp³-hybridized carbons (Fsp3) is 0. The molecule has 3 heterocycles. The van der Waals surface area contributed by atoms with Crippen LogP contribution < -0.4 is 20.7 Å². The van der Waals surface area contributed by atoms with Crippen LogP contribution in [0.1, 0.15) is 6.85 Å². The highest BCUT2D eigenvalue weighted by atomic mass is 28.3. The maximum Gasteiger partial charge on any atom is 0.240 e. The van der Waals surface area contributed by atoms with E-state index in [4.69, 9.17) is 21.8 Å². The minimum absolute atomic E-state index is 0.163. The number of nitrogens with zero attached hydrogens (tertiary/aromatic N) is 5. The average molecular weight is 827 g/mol. The predicted molar refractivity (Wildman–Crippen MR) is 263 cm³/mol. The zero-order chi connectivity index (χ0) is 46.1. The van der Waals surface area contributed by atoms with Gasteiger partial charge >= 0.3 is 0 Å². The minimum atomic E-state index is -3.31. The first-order chi connectivity index (χ1) is 33.3. The second kappa shape index (κ2) is 15.1. The molecule has 0 amide bonds. The van der Waals surface area contributed by atoms with E-state index in [1.807, 2.05) is 54.6 Å². The Morgan fingerprint density at radius 2 is 0.714 bits per heavy atom. The summed E-state index contributed by atoms with van der Waals surface area (Å²) in [5, 5.41) is 8.61. The van der Waals surface area contributed by atoms with Crippen LogP contribution in [0, 0.1) is 0 Å². The largest absolute Gasteiger partial charge is 0.278 e. The zero-order valence-corrected chi connectivity index (χ0v) is 34.9. The van der Waals surface area contributed by atoms with Crippen molar-refractivity contribution in [2.24, 2.45) is 0 Å². The van der Waals surface area contributed by atoms with E-state index in [-0.39, 0.29) is 29.7 Å². The standard InChI is InChI=1S/C57H39N5Si/c1-4-20-40(21-5-1)41-22-18-28-45(38-41)63(43-24-6-2-7-25-43,44-26-8-3-9-27-44)46-29-19-23-42(39-46)55-58-56(61-51-34-14-10-30-47(51)48-31-11-15-35-52(48)61)60-57(59-55)62-53-36-16-12-32-49(53)50-33-13-17-37-54(50)62/h1-39H/i1D,4D,5D,20D,21D. The highest BCUT2D eigenvalue weighted by molar-refractivity contribution is 7.20. The molecule has 9 aromatic carbocycles. The summed E-state index contributed by atoms with van der Waals surface area (Å²) >= 11 is 0. The van der Waals surface area contributed by atoms with Gasteiger partial charge in [0.2, 0.25) is 11.9 Å². The molecular formula is C57H39N5Si. The molecule has 296 valence electrons. The molecule has 0 unspecified atom stereocenters. The summed E-state index contributed by atoms with van der Waals surface area (Å²) in [6, 6.07) is 69.1. The van der Waals surface area contributed by atoms with Crippen LogP contribution in [0.25, 0.3) is 78.0 Å². The monoisotopic (exact) mass is 826 g/mol. The summed E-state index contributed by atoms with van der Waals surface area (Å²) in [5.74, 6) is 1.46. The fourth-order valence-corrected chi connectivity index (χ4v) is 14.4. The molecule has 0 aliphatic carbocycles. The Morgan fingerprint density at radius 3 is 1.17 bits per heavy atom.